The van der Waals surface area contributed by atoms with Crippen LogP contribution in [0.15, 0.2) is 30.3 Å². The topological polar surface area (TPSA) is 23.4 Å². The second kappa shape index (κ2) is 5.48. The van der Waals surface area contributed by atoms with Gasteiger partial charge in [-0.25, -0.2) is 0 Å². The third kappa shape index (κ3) is 2.81. The van der Waals surface area contributed by atoms with Crippen molar-refractivity contribution in [1.29, 1.82) is 0 Å². The van der Waals surface area contributed by atoms with Crippen LogP contribution >= 0.6 is 0 Å². The summed E-state index contributed by atoms with van der Waals surface area (Å²) in [5.74, 6) is 0. The molecule has 0 radical (unpaired) electrons. The average molecular weight is 357 g/mol. The van der Waals surface area contributed by atoms with Crippen LogP contribution in [0.1, 0.15) is 48.5 Å². The van der Waals surface area contributed by atoms with Crippen LogP contribution < -0.4 is 5.59 Å². The fraction of sp³-hybridized carbons (Fsp3) is 0.600. The van der Waals surface area contributed by atoms with E-state index < -0.39 is 8.24 Å². The molecule has 0 N–H and O–H groups in total. The fourth-order valence-electron chi connectivity index (χ4n) is 3.27. The molecule has 1 aliphatic heterocycles. The van der Waals surface area contributed by atoms with E-state index in [1.54, 1.807) is 0 Å². The maximum atomic E-state index is 6.41. The van der Waals surface area contributed by atoms with E-state index in [1.165, 1.54) is 10.9 Å². The lowest BCUT2D eigenvalue weighted by atomic mass is 9.85. The average Bonchev–Trinajstić information content (AvgIpc) is 2.93. The first-order chi connectivity index (χ1) is 11.3. The molecule has 2 heterocycles. The van der Waals surface area contributed by atoms with Crippen LogP contribution in [0.4, 0.5) is 0 Å². The summed E-state index contributed by atoms with van der Waals surface area (Å²) in [4.78, 5) is 0. The largest absolute Gasteiger partial charge is 0.511 e. The van der Waals surface area contributed by atoms with Gasteiger partial charge in [0.25, 0.3) is 0 Å². The minimum atomic E-state index is -1.84. The number of fused-ring (bicyclic) bond motifs is 1. The highest BCUT2D eigenvalue weighted by Gasteiger charge is 2.54. The lowest BCUT2D eigenvalue weighted by Gasteiger charge is -2.40. The van der Waals surface area contributed by atoms with E-state index in [0.717, 1.165) is 5.59 Å². The Labute approximate surface area is 153 Å². The van der Waals surface area contributed by atoms with Crippen molar-refractivity contribution in [1.82, 2.24) is 4.23 Å². The molecule has 0 saturated carbocycles. The summed E-state index contributed by atoms with van der Waals surface area (Å²) in [6, 6.07) is 10.9. The van der Waals surface area contributed by atoms with Crippen molar-refractivity contribution in [3.05, 3.63) is 30.3 Å². The monoisotopic (exact) mass is 357 g/mol. The summed E-state index contributed by atoms with van der Waals surface area (Å²) in [7, 11) is -2.17. The number of nitrogens with zero attached hydrogens (tertiary/aromatic N) is 1. The van der Waals surface area contributed by atoms with Crippen LogP contribution in [0.25, 0.3) is 10.9 Å². The van der Waals surface area contributed by atoms with Crippen LogP contribution in [0.2, 0.25) is 18.1 Å². The SMILES string of the molecule is CC1(C)OB(c2cc3ccccc3n2[Si](C)(C)C(C)(C)C)OC1(C)C. The molecule has 3 rings (SSSR count). The fourth-order valence-corrected chi connectivity index (χ4v) is 5.56. The van der Waals surface area contributed by atoms with Crippen molar-refractivity contribution < 1.29 is 9.31 Å². The Balaban J connectivity index is 2.22. The van der Waals surface area contributed by atoms with E-state index in [9.17, 15) is 0 Å². The molecule has 0 unspecified atom stereocenters. The first-order valence-corrected chi connectivity index (χ1v) is 12.2. The number of rotatable bonds is 2. The third-order valence-corrected chi connectivity index (χ3v) is 11.9. The minimum absolute atomic E-state index is 0.215. The molecule has 136 valence electrons. The van der Waals surface area contributed by atoms with Gasteiger partial charge >= 0.3 is 7.12 Å². The maximum Gasteiger partial charge on any atom is 0.511 e. The second-order valence-electron chi connectivity index (χ2n) is 9.86. The number of benzene rings is 1. The summed E-state index contributed by atoms with van der Waals surface area (Å²) in [5.41, 5.74) is 1.80. The second-order valence-corrected chi connectivity index (χ2v) is 14.9. The number of hydrogen-bond donors (Lipinski definition) is 0. The molecule has 1 aromatic carbocycles. The van der Waals surface area contributed by atoms with Gasteiger partial charge < -0.3 is 13.5 Å². The van der Waals surface area contributed by atoms with E-state index >= 15 is 0 Å². The van der Waals surface area contributed by atoms with Gasteiger partial charge in [0.05, 0.1) is 11.2 Å². The summed E-state index contributed by atoms with van der Waals surface area (Å²) in [6.07, 6.45) is 0. The van der Waals surface area contributed by atoms with E-state index in [4.69, 9.17) is 9.31 Å². The summed E-state index contributed by atoms with van der Waals surface area (Å²) in [5, 5.41) is 1.48. The van der Waals surface area contributed by atoms with Crippen LogP contribution in [0.3, 0.4) is 0 Å². The normalized spacial score (nSPS) is 20.4. The number of para-hydroxylation sites is 1. The predicted octanol–water partition coefficient (Wildman–Crippen LogP) is 4.79. The van der Waals surface area contributed by atoms with Gasteiger partial charge in [-0.1, -0.05) is 52.1 Å². The van der Waals surface area contributed by atoms with E-state index in [-0.39, 0.29) is 23.4 Å². The zero-order valence-electron chi connectivity index (χ0n) is 17.2. The molecular weight excluding hydrogens is 325 g/mol. The van der Waals surface area contributed by atoms with Crippen LogP contribution in [-0.4, -0.2) is 30.8 Å². The Morgan fingerprint density at radius 1 is 0.960 bits per heavy atom. The van der Waals surface area contributed by atoms with Gasteiger partial charge in [-0.2, -0.15) is 0 Å². The molecule has 0 spiro atoms. The Hall–Kier alpha value is -1.04. The molecule has 2 aromatic rings. The van der Waals surface area contributed by atoms with Gasteiger partial charge in [0.15, 0.2) is 8.24 Å². The minimum Gasteiger partial charge on any atom is -0.398 e. The van der Waals surface area contributed by atoms with E-state index in [0.29, 0.717) is 0 Å². The quantitative estimate of drug-likeness (QED) is 0.721. The van der Waals surface area contributed by atoms with Gasteiger partial charge in [-0.05, 0) is 50.3 Å². The van der Waals surface area contributed by atoms with Crippen LogP contribution in [-0.2, 0) is 9.31 Å². The number of hydrogen-bond acceptors (Lipinski definition) is 2. The van der Waals surface area contributed by atoms with E-state index in [2.05, 4.69) is 96.1 Å². The van der Waals surface area contributed by atoms with Gasteiger partial charge in [0.1, 0.15) is 0 Å². The summed E-state index contributed by atoms with van der Waals surface area (Å²) in [6.45, 7) is 20.4. The molecule has 1 saturated heterocycles. The van der Waals surface area contributed by atoms with Gasteiger partial charge in [0, 0.05) is 11.1 Å². The lowest BCUT2D eigenvalue weighted by Crippen LogP contribution is -2.54. The molecule has 0 atom stereocenters. The Bertz CT molecular complexity index is 786. The van der Waals surface area contributed by atoms with Crippen LogP contribution in [0.5, 0.6) is 0 Å². The first kappa shape index (κ1) is 18.7. The van der Waals surface area contributed by atoms with Gasteiger partial charge in [0.2, 0.25) is 0 Å². The molecular formula is C20H32BNO2Si. The van der Waals surface area contributed by atoms with Crippen molar-refractivity contribution in [2.75, 3.05) is 0 Å². The Kier molecular flexibility index (Phi) is 4.11. The molecule has 25 heavy (non-hydrogen) atoms. The molecule has 1 aliphatic rings. The molecule has 1 aromatic heterocycles. The van der Waals surface area contributed by atoms with E-state index in [1.807, 2.05) is 0 Å². The molecule has 3 nitrogen and oxygen atoms in total. The van der Waals surface area contributed by atoms with Crippen molar-refractivity contribution in [3.63, 3.8) is 0 Å². The van der Waals surface area contributed by atoms with Crippen molar-refractivity contribution in [3.8, 4) is 0 Å². The van der Waals surface area contributed by atoms with Crippen LogP contribution in [0, 0.1) is 0 Å². The highest BCUT2D eigenvalue weighted by atomic mass is 28.3. The zero-order valence-corrected chi connectivity index (χ0v) is 18.2. The number of aromatic nitrogens is 1. The van der Waals surface area contributed by atoms with Crippen molar-refractivity contribution in [2.24, 2.45) is 0 Å². The molecule has 0 bridgehead atoms. The van der Waals surface area contributed by atoms with Crippen molar-refractivity contribution >= 4 is 31.9 Å². The highest BCUT2D eigenvalue weighted by molar-refractivity contribution is 6.81. The smallest absolute Gasteiger partial charge is 0.398 e. The van der Waals surface area contributed by atoms with Gasteiger partial charge in [-0.3, -0.25) is 0 Å². The predicted molar refractivity (Wildman–Crippen MR) is 110 cm³/mol. The maximum absolute atomic E-state index is 6.41. The van der Waals surface area contributed by atoms with Crippen molar-refractivity contribution in [2.45, 2.75) is 77.8 Å². The Morgan fingerprint density at radius 2 is 1.48 bits per heavy atom. The third-order valence-electron chi connectivity index (χ3n) is 6.63. The summed E-state index contributed by atoms with van der Waals surface area (Å²) < 4.78 is 15.4. The summed E-state index contributed by atoms with van der Waals surface area (Å²) >= 11 is 0. The lowest BCUT2D eigenvalue weighted by molar-refractivity contribution is 0.00578. The zero-order chi connectivity index (χ0) is 18.8. The van der Waals surface area contributed by atoms with Gasteiger partial charge in [-0.15, -0.1) is 0 Å². The molecule has 1 fully saturated rings. The molecule has 0 aliphatic carbocycles. The molecule has 0 amide bonds. The standard InChI is InChI=1S/C20H32BNO2Si/c1-18(2,3)25(8,9)22-16-13-11-10-12-15(16)14-17(22)21-23-19(4,5)20(6,7)24-21/h10-14H,1-9H3. The molecule has 5 heteroatoms. The Morgan fingerprint density at radius 3 is 2.00 bits per heavy atom. The highest BCUT2D eigenvalue weighted by Crippen LogP contribution is 2.40. The first-order valence-electron chi connectivity index (χ1n) is 9.24.